The maximum atomic E-state index is 13.3. The molecule has 0 spiro atoms. The van der Waals surface area contributed by atoms with Gasteiger partial charge in [-0.1, -0.05) is 13.0 Å². The number of pyridine rings is 2. The van der Waals surface area contributed by atoms with Crippen molar-refractivity contribution in [2.24, 2.45) is 5.73 Å². The molecule has 8 heteroatoms. The molecule has 30 heavy (non-hydrogen) atoms. The van der Waals surface area contributed by atoms with Crippen LogP contribution in [0.3, 0.4) is 0 Å². The fourth-order valence-corrected chi connectivity index (χ4v) is 4.70. The summed E-state index contributed by atoms with van der Waals surface area (Å²) in [5.41, 5.74) is 15.1. The summed E-state index contributed by atoms with van der Waals surface area (Å²) in [4.78, 5) is 30.4. The Kier molecular flexibility index (Phi) is 3.84. The molecule has 0 radical (unpaired) electrons. The van der Waals surface area contributed by atoms with Gasteiger partial charge in [0.1, 0.15) is 6.61 Å². The number of ether oxygens (including phenoxy) is 1. The van der Waals surface area contributed by atoms with Crippen molar-refractivity contribution >= 4 is 22.6 Å². The van der Waals surface area contributed by atoms with Gasteiger partial charge >= 0.3 is 5.97 Å². The van der Waals surface area contributed by atoms with Crippen LogP contribution in [0.4, 0.5) is 5.69 Å². The monoisotopic (exact) mass is 406 g/mol. The highest BCUT2D eigenvalue weighted by molar-refractivity contribution is 5.97. The number of carbonyl (C=O) groups is 1. The largest absolute Gasteiger partial charge is 0.458 e. The zero-order chi connectivity index (χ0) is 21.4. The quantitative estimate of drug-likeness (QED) is 0.341. The van der Waals surface area contributed by atoms with Crippen LogP contribution in [0.15, 0.2) is 29.1 Å². The van der Waals surface area contributed by atoms with Crippen molar-refractivity contribution in [1.82, 2.24) is 9.55 Å². The van der Waals surface area contributed by atoms with Crippen molar-refractivity contribution < 1.29 is 14.6 Å². The second-order valence-electron chi connectivity index (χ2n) is 7.99. The first-order valence-corrected chi connectivity index (χ1v) is 9.91. The maximum absolute atomic E-state index is 13.3. The van der Waals surface area contributed by atoms with E-state index in [2.05, 4.69) is 0 Å². The summed E-state index contributed by atoms with van der Waals surface area (Å²) < 4.78 is 6.72. The van der Waals surface area contributed by atoms with Crippen molar-refractivity contribution in [1.29, 1.82) is 0 Å². The van der Waals surface area contributed by atoms with E-state index in [-0.39, 0.29) is 24.6 Å². The fourth-order valence-electron chi connectivity index (χ4n) is 4.70. The van der Waals surface area contributed by atoms with Crippen molar-refractivity contribution in [3.8, 4) is 11.4 Å². The number of anilines is 1. The van der Waals surface area contributed by atoms with Crippen LogP contribution in [0.25, 0.3) is 22.3 Å². The number of nitrogens with zero attached hydrogens (tertiary/aromatic N) is 2. The van der Waals surface area contributed by atoms with Crippen LogP contribution >= 0.6 is 0 Å². The van der Waals surface area contributed by atoms with Gasteiger partial charge in [0, 0.05) is 28.2 Å². The lowest BCUT2D eigenvalue weighted by Gasteiger charge is -2.31. The van der Waals surface area contributed by atoms with Crippen molar-refractivity contribution in [2.45, 2.75) is 45.1 Å². The lowest BCUT2D eigenvalue weighted by molar-refractivity contribution is -0.172. The predicted molar refractivity (Wildman–Crippen MR) is 112 cm³/mol. The molecule has 0 amide bonds. The number of benzene rings is 1. The zero-order valence-corrected chi connectivity index (χ0v) is 16.7. The Bertz CT molecular complexity index is 1310. The summed E-state index contributed by atoms with van der Waals surface area (Å²) >= 11 is 0. The highest BCUT2D eigenvalue weighted by atomic mass is 16.6. The van der Waals surface area contributed by atoms with Crippen LogP contribution in [-0.4, -0.2) is 20.6 Å². The number of aromatic nitrogens is 2. The van der Waals surface area contributed by atoms with Gasteiger partial charge in [-0.3, -0.25) is 4.79 Å². The molecule has 2 atom stereocenters. The maximum Gasteiger partial charge on any atom is 0.343 e. The van der Waals surface area contributed by atoms with Crippen LogP contribution in [0.5, 0.6) is 0 Å². The predicted octanol–water partition coefficient (Wildman–Crippen LogP) is 1.68. The lowest BCUT2D eigenvalue weighted by atomic mass is 9.86. The summed E-state index contributed by atoms with van der Waals surface area (Å²) in [5, 5.41) is 11.8. The lowest BCUT2D eigenvalue weighted by Crippen LogP contribution is -2.44. The average Bonchev–Trinajstić information content (AvgIpc) is 3.08. The first kappa shape index (κ1) is 18.8. The Labute approximate surface area is 172 Å². The zero-order valence-electron chi connectivity index (χ0n) is 16.7. The number of hydrogen-bond donors (Lipinski definition) is 3. The SMILES string of the molecule is CC[C@@]1(O)C(=O)OCc2c1cc1n(c2=O)Cc2c-1nc1cccc(N)c1c2[C@H](C)N. The number of aliphatic hydroxyl groups is 1. The first-order chi connectivity index (χ1) is 14.3. The molecular weight excluding hydrogens is 384 g/mol. The number of fused-ring (bicyclic) bond motifs is 5. The van der Waals surface area contributed by atoms with E-state index in [0.717, 1.165) is 16.5 Å². The Morgan fingerprint density at radius 2 is 2.10 bits per heavy atom. The first-order valence-electron chi connectivity index (χ1n) is 9.91. The topological polar surface area (TPSA) is 133 Å². The minimum atomic E-state index is -1.85. The summed E-state index contributed by atoms with van der Waals surface area (Å²) in [6, 6.07) is 6.85. The normalized spacial score (nSPS) is 20.5. The van der Waals surface area contributed by atoms with Gasteiger partial charge in [-0.25, -0.2) is 9.78 Å². The van der Waals surface area contributed by atoms with Gasteiger partial charge in [0.2, 0.25) is 0 Å². The molecule has 2 aliphatic heterocycles. The molecule has 0 saturated heterocycles. The summed E-state index contributed by atoms with van der Waals surface area (Å²) in [6.07, 6.45) is 0.0986. The molecule has 0 unspecified atom stereocenters. The third kappa shape index (κ3) is 2.26. The van der Waals surface area contributed by atoms with Crippen LogP contribution in [0.2, 0.25) is 0 Å². The number of esters is 1. The van der Waals surface area contributed by atoms with Gasteiger partial charge in [0.15, 0.2) is 5.60 Å². The third-order valence-corrected chi connectivity index (χ3v) is 6.24. The number of cyclic esters (lactones) is 1. The molecule has 8 nitrogen and oxygen atoms in total. The second kappa shape index (κ2) is 6.13. The summed E-state index contributed by atoms with van der Waals surface area (Å²) in [5.74, 6) is -0.740. The number of hydrogen-bond acceptors (Lipinski definition) is 7. The number of carbonyl (C=O) groups excluding carboxylic acids is 1. The van der Waals surface area contributed by atoms with Gasteiger partial charge in [-0.05, 0) is 37.1 Å². The Morgan fingerprint density at radius 1 is 1.33 bits per heavy atom. The fraction of sp³-hybridized carbons (Fsp3) is 0.318. The molecular formula is C22H22N4O4. The van der Waals surface area contributed by atoms with E-state index in [0.29, 0.717) is 40.3 Å². The third-order valence-electron chi connectivity index (χ3n) is 6.24. The minimum absolute atomic E-state index is 0.0986. The molecule has 3 aromatic rings. The molecule has 4 heterocycles. The number of nitrogens with two attached hydrogens (primary N) is 2. The Balaban J connectivity index is 1.87. The van der Waals surface area contributed by atoms with E-state index in [1.165, 1.54) is 0 Å². The van der Waals surface area contributed by atoms with Gasteiger partial charge in [0.25, 0.3) is 5.56 Å². The van der Waals surface area contributed by atoms with E-state index in [4.69, 9.17) is 21.2 Å². The van der Waals surface area contributed by atoms with Gasteiger partial charge in [0.05, 0.1) is 29.0 Å². The van der Waals surface area contributed by atoms with Gasteiger partial charge in [-0.2, -0.15) is 0 Å². The van der Waals surface area contributed by atoms with E-state index >= 15 is 0 Å². The van der Waals surface area contributed by atoms with E-state index in [1.807, 2.05) is 19.1 Å². The van der Waals surface area contributed by atoms with E-state index in [9.17, 15) is 14.7 Å². The molecule has 2 aromatic heterocycles. The Morgan fingerprint density at radius 3 is 2.80 bits per heavy atom. The van der Waals surface area contributed by atoms with Crippen molar-refractivity contribution in [3.05, 3.63) is 56.9 Å². The van der Waals surface area contributed by atoms with E-state index in [1.54, 1.807) is 23.6 Å². The molecule has 1 aromatic carbocycles. The highest BCUT2D eigenvalue weighted by Gasteiger charge is 2.45. The number of nitrogen functional groups attached to an aromatic ring is 1. The molecule has 2 aliphatic rings. The second-order valence-corrected chi connectivity index (χ2v) is 7.99. The standard InChI is InChI=1S/C22H22N4O4/c1-3-22(29)13-7-16-19-11(8-26(16)20(27)12(13)9-30-21(22)28)17(10(2)23)18-14(24)5-4-6-15(18)25-19/h4-7,10,29H,3,8-9,23-24H2,1-2H3/t10-,22-/m0/s1. The average molecular weight is 406 g/mol. The molecule has 154 valence electrons. The van der Waals surface area contributed by atoms with Crippen molar-refractivity contribution in [2.75, 3.05) is 5.73 Å². The molecule has 5 N–H and O–H groups in total. The van der Waals surface area contributed by atoms with Gasteiger partial charge in [-0.15, -0.1) is 0 Å². The highest BCUT2D eigenvalue weighted by Crippen LogP contribution is 2.42. The molecule has 0 bridgehead atoms. The van der Waals surface area contributed by atoms with Crippen LogP contribution in [0, 0.1) is 0 Å². The van der Waals surface area contributed by atoms with Gasteiger partial charge < -0.3 is 25.9 Å². The molecule has 0 fully saturated rings. The van der Waals surface area contributed by atoms with Crippen molar-refractivity contribution in [3.63, 3.8) is 0 Å². The van der Waals surface area contributed by atoms with E-state index < -0.39 is 11.6 Å². The van der Waals surface area contributed by atoms with Crippen LogP contribution in [-0.2, 0) is 28.3 Å². The smallest absolute Gasteiger partial charge is 0.343 e. The molecule has 5 rings (SSSR count). The Hall–Kier alpha value is -3.23. The number of rotatable bonds is 2. The summed E-state index contributed by atoms with van der Waals surface area (Å²) in [6.45, 7) is 3.69. The minimum Gasteiger partial charge on any atom is -0.458 e. The van der Waals surface area contributed by atoms with Crippen LogP contribution in [0.1, 0.15) is 48.6 Å². The van der Waals surface area contributed by atoms with Crippen LogP contribution < -0.4 is 17.0 Å². The summed E-state index contributed by atoms with van der Waals surface area (Å²) in [7, 11) is 0. The molecule has 0 saturated carbocycles. The molecule has 0 aliphatic carbocycles.